The van der Waals surface area contributed by atoms with Crippen LogP contribution in [0.4, 0.5) is 0 Å². The summed E-state index contributed by atoms with van der Waals surface area (Å²) in [4.78, 5) is 13.4. The van der Waals surface area contributed by atoms with E-state index >= 15 is 0 Å². The molecule has 2 aliphatic rings. The van der Waals surface area contributed by atoms with Gasteiger partial charge in [0.25, 0.3) is 0 Å². The molecular formula is C26H28O14. The van der Waals surface area contributed by atoms with Crippen LogP contribution in [0.2, 0.25) is 0 Å². The highest BCUT2D eigenvalue weighted by Crippen LogP contribution is 2.50. The molecule has 9 atom stereocenters. The minimum absolute atomic E-state index is 0.0710. The molecule has 0 saturated carbocycles. The standard InChI is InChI=1S/C26H28O14/c27-6-13-18(32)21(35)23(37)26(40-13)15-19(33)14-10(29)5-12(8-1-3-9(28)4-2-8)39-24(14)16(20(15)34)25-22(36)17(31)11(30)7-38-25/h1-5,11,13,17-18,21-23,25-28,30-37H,6-7H2/t11-,13+,17-,18-,21-,22-,23-,25+,26+/m1/s1. The maximum atomic E-state index is 13.4. The van der Waals surface area contributed by atoms with Crippen molar-refractivity contribution < 1.29 is 65.0 Å². The molecule has 0 unspecified atom stereocenters. The molecule has 14 nitrogen and oxygen atoms in total. The van der Waals surface area contributed by atoms with Gasteiger partial charge < -0.3 is 65.0 Å². The number of hydrogen-bond donors (Lipinski definition) is 10. The summed E-state index contributed by atoms with van der Waals surface area (Å²) in [7, 11) is 0. The average molecular weight is 564 g/mol. The second kappa shape index (κ2) is 10.6. The molecule has 2 saturated heterocycles. The second-order valence-electron chi connectivity index (χ2n) is 9.80. The summed E-state index contributed by atoms with van der Waals surface area (Å²) in [5, 5.41) is 104. The van der Waals surface area contributed by atoms with Gasteiger partial charge in [-0.05, 0) is 24.3 Å². The van der Waals surface area contributed by atoms with Crippen LogP contribution in [0.15, 0.2) is 39.5 Å². The topological polar surface area (TPSA) is 251 Å². The lowest BCUT2D eigenvalue weighted by Gasteiger charge is -2.41. The highest BCUT2D eigenvalue weighted by Gasteiger charge is 2.48. The van der Waals surface area contributed by atoms with Crippen molar-refractivity contribution in [3.63, 3.8) is 0 Å². The van der Waals surface area contributed by atoms with Crippen molar-refractivity contribution in [1.29, 1.82) is 0 Å². The van der Waals surface area contributed by atoms with Crippen LogP contribution in [0.3, 0.4) is 0 Å². The van der Waals surface area contributed by atoms with Gasteiger partial charge >= 0.3 is 0 Å². The number of phenolic OH excluding ortho intramolecular Hbond substituents is 3. The largest absolute Gasteiger partial charge is 0.508 e. The summed E-state index contributed by atoms with van der Waals surface area (Å²) in [6.07, 6.45) is -15.7. The van der Waals surface area contributed by atoms with E-state index in [0.29, 0.717) is 5.56 Å². The summed E-state index contributed by atoms with van der Waals surface area (Å²) < 4.78 is 16.9. The van der Waals surface area contributed by atoms with Crippen LogP contribution in [0.25, 0.3) is 22.3 Å². The number of ether oxygens (including phenoxy) is 2. The van der Waals surface area contributed by atoms with E-state index in [1.165, 1.54) is 24.3 Å². The van der Waals surface area contributed by atoms with E-state index in [1.54, 1.807) is 0 Å². The summed E-state index contributed by atoms with van der Waals surface area (Å²) in [5.41, 5.74) is -2.15. The molecule has 0 bridgehead atoms. The normalized spacial score (nSPS) is 32.8. The number of phenols is 3. The fourth-order valence-corrected chi connectivity index (χ4v) is 5.11. The maximum Gasteiger partial charge on any atom is 0.197 e. The zero-order chi connectivity index (χ0) is 29.0. The predicted molar refractivity (Wildman–Crippen MR) is 132 cm³/mol. The molecule has 40 heavy (non-hydrogen) atoms. The number of fused-ring (bicyclic) bond motifs is 1. The molecule has 3 heterocycles. The number of aliphatic hydroxyl groups is 7. The van der Waals surface area contributed by atoms with Gasteiger partial charge in [0.05, 0.1) is 24.3 Å². The summed E-state index contributed by atoms with van der Waals surface area (Å²) >= 11 is 0. The van der Waals surface area contributed by atoms with Crippen molar-refractivity contribution in [2.75, 3.05) is 13.2 Å². The Bertz CT molecular complexity index is 1450. The van der Waals surface area contributed by atoms with Crippen LogP contribution < -0.4 is 5.43 Å². The van der Waals surface area contributed by atoms with Crippen LogP contribution in [-0.2, 0) is 9.47 Å². The summed E-state index contributed by atoms with van der Waals surface area (Å²) in [6.45, 7) is -1.34. The number of rotatable bonds is 4. The third-order valence-corrected chi connectivity index (χ3v) is 7.31. The van der Waals surface area contributed by atoms with Crippen LogP contribution in [-0.4, -0.2) is 107 Å². The molecule has 0 aliphatic carbocycles. The highest BCUT2D eigenvalue weighted by molar-refractivity contribution is 5.92. The Morgan fingerprint density at radius 2 is 1.43 bits per heavy atom. The Hall–Kier alpha value is -3.31. The highest BCUT2D eigenvalue weighted by atomic mass is 16.5. The number of hydrogen-bond acceptors (Lipinski definition) is 14. The van der Waals surface area contributed by atoms with E-state index in [0.717, 1.165) is 6.07 Å². The van der Waals surface area contributed by atoms with Gasteiger partial charge in [-0.1, -0.05) is 0 Å². The van der Waals surface area contributed by atoms with E-state index < -0.39 is 107 Å². The molecular weight excluding hydrogens is 536 g/mol. The third-order valence-electron chi connectivity index (χ3n) is 7.31. The molecule has 0 radical (unpaired) electrons. The van der Waals surface area contributed by atoms with Gasteiger partial charge in [0.15, 0.2) is 11.0 Å². The van der Waals surface area contributed by atoms with Gasteiger partial charge in [0.1, 0.15) is 83.3 Å². The molecule has 2 aromatic carbocycles. The molecule has 0 amide bonds. The van der Waals surface area contributed by atoms with Crippen molar-refractivity contribution in [3.05, 3.63) is 51.7 Å². The fourth-order valence-electron chi connectivity index (χ4n) is 5.11. The van der Waals surface area contributed by atoms with Crippen molar-refractivity contribution in [2.45, 2.75) is 54.9 Å². The Kier molecular flexibility index (Phi) is 7.47. The van der Waals surface area contributed by atoms with Crippen LogP contribution in [0.1, 0.15) is 23.3 Å². The number of benzene rings is 2. The zero-order valence-corrected chi connectivity index (χ0v) is 20.6. The van der Waals surface area contributed by atoms with E-state index in [2.05, 4.69) is 0 Å². The SMILES string of the molecule is O=c1cc(-c2ccc(O)cc2)oc2c([C@@H]3OC[C@@H](O)[C@@H](O)[C@H]3O)c(O)c([C@@H]3O[C@@H](CO)[C@@H](O)[C@@H](O)[C@H]3O)c(O)c12. The zero-order valence-electron chi connectivity index (χ0n) is 20.6. The van der Waals surface area contributed by atoms with Crippen molar-refractivity contribution in [1.82, 2.24) is 0 Å². The minimum atomic E-state index is -1.98. The third kappa shape index (κ3) is 4.49. The van der Waals surface area contributed by atoms with Crippen LogP contribution >= 0.6 is 0 Å². The first-order chi connectivity index (χ1) is 19.0. The lowest BCUT2D eigenvalue weighted by atomic mass is 9.85. The molecule has 216 valence electrons. The van der Waals surface area contributed by atoms with E-state index in [1.807, 2.05) is 0 Å². The molecule has 1 aromatic heterocycles. The van der Waals surface area contributed by atoms with E-state index in [4.69, 9.17) is 13.9 Å². The van der Waals surface area contributed by atoms with Crippen molar-refractivity contribution >= 4 is 11.0 Å². The Balaban J connectivity index is 1.80. The quantitative estimate of drug-likeness (QED) is 0.169. The van der Waals surface area contributed by atoms with Gasteiger partial charge in [0.2, 0.25) is 0 Å². The van der Waals surface area contributed by atoms with Gasteiger partial charge in [-0.3, -0.25) is 4.79 Å². The lowest BCUT2D eigenvalue weighted by molar-refractivity contribution is -0.232. The molecule has 3 aromatic rings. The fraction of sp³-hybridized carbons (Fsp3) is 0.423. The van der Waals surface area contributed by atoms with Crippen LogP contribution in [0, 0.1) is 0 Å². The predicted octanol–water partition coefficient (Wildman–Crippen LogP) is -1.75. The van der Waals surface area contributed by atoms with Gasteiger partial charge in [0, 0.05) is 11.6 Å². The van der Waals surface area contributed by atoms with Gasteiger partial charge in [-0.2, -0.15) is 0 Å². The molecule has 2 aliphatic heterocycles. The number of aromatic hydroxyl groups is 3. The van der Waals surface area contributed by atoms with E-state index in [-0.39, 0.29) is 11.5 Å². The Labute approximate surface area is 224 Å². The van der Waals surface area contributed by atoms with Crippen molar-refractivity contribution in [2.24, 2.45) is 0 Å². The molecule has 0 spiro atoms. The average Bonchev–Trinajstić information content (AvgIpc) is 2.92. The molecule has 2 fully saturated rings. The maximum absolute atomic E-state index is 13.4. The van der Waals surface area contributed by atoms with E-state index in [9.17, 15) is 55.9 Å². The summed E-state index contributed by atoms with van der Waals surface area (Å²) in [5.74, 6) is -2.01. The smallest absolute Gasteiger partial charge is 0.197 e. The second-order valence-corrected chi connectivity index (χ2v) is 9.80. The Morgan fingerprint density at radius 3 is 2.08 bits per heavy atom. The molecule has 10 N–H and O–H groups in total. The molecule has 14 heteroatoms. The van der Waals surface area contributed by atoms with Gasteiger partial charge in [-0.15, -0.1) is 0 Å². The minimum Gasteiger partial charge on any atom is -0.508 e. The van der Waals surface area contributed by atoms with Gasteiger partial charge in [-0.25, -0.2) is 0 Å². The van der Waals surface area contributed by atoms with Crippen LogP contribution in [0.5, 0.6) is 17.2 Å². The first-order valence-corrected chi connectivity index (χ1v) is 12.3. The monoisotopic (exact) mass is 564 g/mol. The van der Waals surface area contributed by atoms with Crippen molar-refractivity contribution in [3.8, 4) is 28.6 Å². The Morgan fingerprint density at radius 1 is 0.775 bits per heavy atom. The summed E-state index contributed by atoms with van der Waals surface area (Å²) in [6, 6.07) is 6.50. The first-order valence-electron chi connectivity index (χ1n) is 12.3. The number of aliphatic hydroxyl groups excluding tert-OH is 7. The molecule has 5 rings (SSSR count). The lowest BCUT2D eigenvalue weighted by Crippen LogP contribution is -2.55. The first kappa shape index (κ1) is 28.2.